The first kappa shape index (κ1) is 33.3. The number of benzene rings is 3. The SMILES string of the molecule is CCCCNC(=O)[C@@H](Cc1ccccc1)N(Cc1cccc(Br)c1)C(=O)CCCN(c1cccc(C)c1C)S(C)(=O)=O. The molecule has 1 N–H and O–H groups in total. The zero-order valence-corrected chi connectivity index (χ0v) is 27.4. The van der Waals surface area contributed by atoms with Gasteiger partial charge >= 0.3 is 0 Å². The topological polar surface area (TPSA) is 86.8 Å². The molecule has 0 spiro atoms. The number of nitrogens with one attached hydrogen (secondary N) is 1. The first-order chi connectivity index (χ1) is 20.0. The van der Waals surface area contributed by atoms with Crippen molar-refractivity contribution in [3.8, 4) is 0 Å². The Hall–Kier alpha value is -3.17. The summed E-state index contributed by atoms with van der Waals surface area (Å²) in [4.78, 5) is 29.2. The number of carbonyl (C=O) groups excluding carboxylic acids is 2. The first-order valence-electron chi connectivity index (χ1n) is 14.4. The summed E-state index contributed by atoms with van der Waals surface area (Å²) in [5.74, 6) is -0.389. The molecule has 42 heavy (non-hydrogen) atoms. The molecule has 3 aromatic carbocycles. The minimum atomic E-state index is -3.57. The molecule has 2 amide bonds. The number of nitrogens with zero attached hydrogens (tertiary/aromatic N) is 2. The summed E-state index contributed by atoms with van der Waals surface area (Å²) in [6.45, 7) is 6.86. The van der Waals surface area contributed by atoms with Gasteiger partial charge in [-0.1, -0.05) is 83.9 Å². The highest BCUT2D eigenvalue weighted by Gasteiger charge is 2.30. The number of aryl methyl sites for hydroxylation is 1. The number of unbranched alkanes of at least 4 members (excludes halogenated alkanes) is 1. The highest BCUT2D eigenvalue weighted by molar-refractivity contribution is 9.10. The van der Waals surface area contributed by atoms with Gasteiger partial charge in [-0.15, -0.1) is 0 Å². The Morgan fingerprint density at radius 2 is 1.62 bits per heavy atom. The number of halogens is 1. The molecular formula is C33H42BrN3O4S. The standard InChI is InChI=1S/C33H42BrN3O4S/c1-5-6-20-35-33(39)31(23-27-14-8-7-9-15-27)36(24-28-16-11-17-29(34)22-28)32(38)19-12-21-37(42(4,40)41)30-18-10-13-25(2)26(30)3/h7-11,13-18,22,31H,5-6,12,19-21,23-24H2,1-4H3,(H,35,39)/t31-/m1/s1. The summed E-state index contributed by atoms with van der Waals surface area (Å²) in [6, 6.07) is 22.3. The molecule has 0 aliphatic rings. The Morgan fingerprint density at radius 3 is 2.29 bits per heavy atom. The predicted molar refractivity (Wildman–Crippen MR) is 174 cm³/mol. The normalized spacial score (nSPS) is 12.0. The Bertz CT molecular complexity index is 1450. The molecule has 9 heteroatoms. The minimum absolute atomic E-state index is 0.0957. The van der Waals surface area contributed by atoms with Crippen LogP contribution < -0.4 is 9.62 Å². The number of carbonyl (C=O) groups is 2. The molecule has 226 valence electrons. The van der Waals surface area contributed by atoms with Crippen LogP contribution in [-0.2, 0) is 32.6 Å². The van der Waals surface area contributed by atoms with Gasteiger partial charge in [-0.3, -0.25) is 13.9 Å². The van der Waals surface area contributed by atoms with Crippen LogP contribution in [0.25, 0.3) is 0 Å². The van der Waals surface area contributed by atoms with Crippen molar-refractivity contribution in [2.75, 3.05) is 23.7 Å². The summed E-state index contributed by atoms with van der Waals surface area (Å²) >= 11 is 3.52. The monoisotopic (exact) mass is 655 g/mol. The molecule has 0 unspecified atom stereocenters. The maximum Gasteiger partial charge on any atom is 0.243 e. The molecule has 1 atom stereocenters. The Kier molecular flexibility index (Phi) is 12.6. The Morgan fingerprint density at radius 1 is 0.929 bits per heavy atom. The van der Waals surface area contributed by atoms with Crippen molar-refractivity contribution >= 4 is 43.5 Å². The zero-order chi connectivity index (χ0) is 30.7. The summed E-state index contributed by atoms with van der Waals surface area (Å²) in [5.41, 5.74) is 4.35. The van der Waals surface area contributed by atoms with Crippen molar-refractivity contribution in [1.29, 1.82) is 0 Å². The number of sulfonamides is 1. The summed E-state index contributed by atoms with van der Waals surface area (Å²) in [6.07, 6.45) is 3.76. The van der Waals surface area contributed by atoms with E-state index in [-0.39, 0.29) is 31.3 Å². The second-order valence-corrected chi connectivity index (χ2v) is 13.5. The molecule has 0 heterocycles. The van der Waals surface area contributed by atoms with Crippen molar-refractivity contribution in [2.24, 2.45) is 0 Å². The highest BCUT2D eigenvalue weighted by atomic mass is 79.9. The van der Waals surface area contributed by atoms with Gasteiger partial charge in [0.05, 0.1) is 11.9 Å². The van der Waals surface area contributed by atoms with E-state index in [2.05, 4.69) is 28.2 Å². The first-order valence-corrected chi connectivity index (χ1v) is 17.0. The summed E-state index contributed by atoms with van der Waals surface area (Å²) in [5, 5.41) is 3.03. The van der Waals surface area contributed by atoms with Gasteiger partial charge in [-0.25, -0.2) is 8.42 Å². The summed E-state index contributed by atoms with van der Waals surface area (Å²) < 4.78 is 27.8. The molecular weight excluding hydrogens is 614 g/mol. The van der Waals surface area contributed by atoms with Gasteiger partial charge in [0.1, 0.15) is 6.04 Å². The summed E-state index contributed by atoms with van der Waals surface area (Å²) in [7, 11) is -3.57. The van der Waals surface area contributed by atoms with Crippen molar-refractivity contribution < 1.29 is 18.0 Å². The maximum atomic E-state index is 14.0. The molecule has 0 radical (unpaired) electrons. The molecule has 3 rings (SSSR count). The minimum Gasteiger partial charge on any atom is -0.354 e. The van der Waals surface area contributed by atoms with E-state index in [1.54, 1.807) is 11.0 Å². The van der Waals surface area contributed by atoms with E-state index >= 15 is 0 Å². The average Bonchev–Trinajstić information content (AvgIpc) is 2.94. The number of anilines is 1. The lowest BCUT2D eigenvalue weighted by Gasteiger charge is -2.32. The largest absolute Gasteiger partial charge is 0.354 e. The van der Waals surface area contributed by atoms with Gasteiger partial charge in [0.2, 0.25) is 21.8 Å². The second-order valence-electron chi connectivity index (χ2n) is 10.7. The van der Waals surface area contributed by atoms with Crippen LogP contribution in [0, 0.1) is 13.8 Å². The van der Waals surface area contributed by atoms with Gasteiger partial charge in [0.15, 0.2) is 0 Å². The Balaban J connectivity index is 1.89. The predicted octanol–water partition coefficient (Wildman–Crippen LogP) is 6.17. The number of hydrogen-bond acceptors (Lipinski definition) is 4. The van der Waals surface area contributed by atoms with Crippen LogP contribution in [-0.4, -0.2) is 50.5 Å². The van der Waals surface area contributed by atoms with Gasteiger partial charge < -0.3 is 10.2 Å². The van der Waals surface area contributed by atoms with E-state index in [0.717, 1.165) is 39.6 Å². The van der Waals surface area contributed by atoms with Gasteiger partial charge in [-0.2, -0.15) is 0 Å². The van der Waals surface area contributed by atoms with Crippen LogP contribution in [0.5, 0.6) is 0 Å². The average molecular weight is 657 g/mol. The molecule has 0 aromatic heterocycles. The third kappa shape index (κ3) is 9.70. The van der Waals surface area contributed by atoms with Gasteiger partial charge in [-0.05, 0) is 67.1 Å². The van der Waals surface area contributed by atoms with Crippen LogP contribution in [0.3, 0.4) is 0 Å². The molecule has 3 aromatic rings. The fourth-order valence-electron chi connectivity index (χ4n) is 4.88. The van der Waals surface area contributed by atoms with E-state index in [9.17, 15) is 18.0 Å². The number of rotatable bonds is 15. The van der Waals surface area contributed by atoms with Crippen LogP contribution in [0.15, 0.2) is 77.3 Å². The highest BCUT2D eigenvalue weighted by Crippen LogP contribution is 2.26. The van der Waals surface area contributed by atoms with Gasteiger partial charge in [0.25, 0.3) is 0 Å². The van der Waals surface area contributed by atoms with E-state index in [1.165, 1.54) is 10.6 Å². The quantitative estimate of drug-likeness (QED) is 0.199. The van der Waals surface area contributed by atoms with Crippen molar-refractivity contribution in [3.05, 3.63) is 99.5 Å². The third-order valence-electron chi connectivity index (χ3n) is 7.34. The molecule has 0 fully saturated rings. The maximum absolute atomic E-state index is 14.0. The lowest BCUT2D eigenvalue weighted by molar-refractivity contribution is -0.141. The molecule has 7 nitrogen and oxygen atoms in total. The smallest absolute Gasteiger partial charge is 0.243 e. The zero-order valence-electron chi connectivity index (χ0n) is 25.0. The van der Waals surface area contributed by atoms with Crippen LogP contribution in [0.4, 0.5) is 5.69 Å². The molecule has 0 saturated carbocycles. The molecule has 0 saturated heterocycles. The van der Waals surface area contributed by atoms with Gasteiger partial charge in [0, 0.05) is 36.9 Å². The lowest BCUT2D eigenvalue weighted by atomic mass is 10.0. The van der Waals surface area contributed by atoms with Crippen LogP contribution >= 0.6 is 15.9 Å². The molecule has 0 aliphatic heterocycles. The van der Waals surface area contributed by atoms with E-state index < -0.39 is 16.1 Å². The van der Waals surface area contributed by atoms with E-state index in [1.807, 2.05) is 80.6 Å². The van der Waals surface area contributed by atoms with Crippen molar-refractivity contribution in [1.82, 2.24) is 10.2 Å². The fraction of sp³-hybridized carbons (Fsp3) is 0.394. The van der Waals surface area contributed by atoms with E-state index in [4.69, 9.17) is 0 Å². The molecule has 0 bridgehead atoms. The van der Waals surface area contributed by atoms with Crippen molar-refractivity contribution in [3.63, 3.8) is 0 Å². The van der Waals surface area contributed by atoms with Crippen LogP contribution in [0.1, 0.15) is 54.9 Å². The second kappa shape index (κ2) is 15.9. The lowest BCUT2D eigenvalue weighted by Crippen LogP contribution is -2.50. The number of amides is 2. The van der Waals surface area contributed by atoms with Crippen LogP contribution in [0.2, 0.25) is 0 Å². The van der Waals surface area contributed by atoms with E-state index in [0.29, 0.717) is 25.1 Å². The van der Waals surface area contributed by atoms with Crippen molar-refractivity contribution in [2.45, 2.75) is 65.5 Å². The molecule has 0 aliphatic carbocycles. The third-order valence-corrected chi connectivity index (χ3v) is 9.01. The number of hydrogen-bond donors (Lipinski definition) is 1. The fourth-order valence-corrected chi connectivity index (χ4v) is 6.34. The Labute approximate surface area is 259 Å².